The van der Waals surface area contributed by atoms with Crippen LogP contribution in [0.2, 0.25) is 0 Å². The van der Waals surface area contributed by atoms with Gasteiger partial charge in [-0.25, -0.2) is 4.79 Å². The van der Waals surface area contributed by atoms with Crippen LogP contribution in [0.3, 0.4) is 0 Å². The highest BCUT2D eigenvalue weighted by Crippen LogP contribution is 2.15. The van der Waals surface area contributed by atoms with Gasteiger partial charge in [-0.3, -0.25) is 14.5 Å². The van der Waals surface area contributed by atoms with Crippen LogP contribution in [0.5, 0.6) is 5.75 Å². The van der Waals surface area contributed by atoms with Crippen LogP contribution in [-0.2, 0) is 4.79 Å². The Balaban J connectivity index is 1.89. The van der Waals surface area contributed by atoms with E-state index in [2.05, 4.69) is 0 Å². The normalized spacial score (nSPS) is 16.1. The topological polar surface area (TPSA) is 87.2 Å². The van der Waals surface area contributed by atoms with Crippen molar-refractivity contribution >= 4 is 17.7 Å². The summed E-state index contributed by atoms with van der Waals surface area (Å²) in [6.45, 7) is 1.28. The first-order valence-corrected chi connectivity index (χ1v) is 6.86. The number of nitrogens with zero attached hydrogens (tertiary/aromatic N) is 2. The zero-order valence-corrected chi connectivity index (χ0v) is 12.5. The molecule has 1 saturated heterocycles. The van der Waals surface area contributed by atoms with E-state index >= 15 is 0 Å². The number of ether oxygens (including phenoxy) is 1. The lowest BCUT2D eigenvalue weighted by Crippen LogP contribution is -2.40. The molecule has 1 aromatic carbocycles. The van der Waals surface area contributed by atoms with E-state index in [9.17, 15) is 19.5 Å². The molecule has 0 aromatic heterocycles. The number of carbonyl (C=O) groups excluding carboxylic acids is 3. The van der Waals surface area contributed by atoms with Crippen LogP contribution in [0.4, 0.5) is 4.79 Å². The summed E-state index contributed by atoms with van der Waals surface area (Å²) in [5.74, 6) is 0.0235. The lowest BCUT2D eigenvalue weighted by atomic mass is 10.1. The van der Waals surface area contributed by atoms with E-state index in [1.807, 2.05) is 0 Å². The molecule has 1 aromatic rings. The van der Waals surface area contributed by atoms with E-state index in [4.69, 9.17) is 4.74 Å². The molecule has 1 N–H and O–H groups in total. The van der Waals surface area contributed by atoms with E-state index in [1.54, 1.807) is 24.3 Å². The Kier molecular flexibility index (Phi) is 4.77. The van der Waals surface area contributed by atoms with Gasteiger partial charge < -0.3 is 14.7 Å². The fourth-order valence-electron chi connectivity index (χ4n) is 2.11. The predicted molar refractivity (Wildman–Crippen MR) is 77.7 cm³/mol. The molecule has 1 aliphatic rings. The second-order valence-corrected chi connectivity index (χ2v) is 5.19. The summed E-state index contributed by atoms with van der Waals surface area (Å²) in [5.41, 5.74) is 0.513. The predicted octanol–water partition coefficient (Wildman–Crippen LogP) is 0.523. The van der Waals surface area contributed by atoms with Crippen LogP contribution in [0.25, 0.3) is 0 Å². The summed E-state index contributed by atoms with van der Waals surface area (Å²) in [6, 6.07) is 6.17. The molecule has 0 bridgehead atoms. The standard InChI is InChI=1S/C15H18N2O5/c1-10(18)11-4-3-5-13(6-11)22-9-12(19)7-17-14(20)8-16(2)15(17)21/h3-6,12,19H,7-9H2,1-2H3. The number of imide groups is 1. The van der Waals surface area contributed by atoms with Gasteiger partial charge in [0.1, 0.15) is 25.0 Å². The summed E-state index contributed by atoms with van der Waals surface area (Å²) < 4.78 is 5.40. The molecule has 2 rings (SSSR count). The Hall–Kier alpha value is -2.41. The zero-order valence-electron chi connectivity index (χ0n) is 12.5. The number of amides is 3. The molecule has 1 atom stereocenters. The Morgan fingerprint density at radius 2 is 2.14 bits per heavy atom. The third-order valence-corrected chi connectivity index (χ3v) is 3.31. The Morgan fingerprint density at radius 1 is 1.41 bits per heavy atom. The van der Waals surface area contributed by atoms with E-state index in [1.165, 1.54) is 18.9 Å². The van der Waals surface area contributed by atoms with Crippen LogP contribution >= 0.6 is 0 Å². The van der Waals surface area contributed by atoms with Crippen molar-refractivity contribution in [2.24, 2.45) is 0 Å². The molecule has 0 aliphatic carbocycles. The molecule has 7 nitrogen and oxygen atoms in total. The smallest absolute Gasteiger partial charge is 0.327 e. The Morgan fingerprint density at radius 3 is 2.73 bits per heavy atom. The summed E-state index contributed by atoms with van der Waals surface area (Å²) >= 11 is 0. The number of carbonyl (C=O) groups is 3. The maximum atomic E-state index is 11.7. The third kappa shape index (κ3) is 3.62. The molecule has 0 spiro atoms. The largest absolute Gasteiger partial charge is 0.491 e. The van der Waals surface area contributed by atoms with Crippen molar-refractivity contribution in [1.29, 1.82) is 0 Å². The average molecular weight is 306 g/mol. The fraction of sp³-hybridized carbons (Fsp3) is 0.400. The lowest BCUT2D eigenvalue weighted by Gasteiger charge is -2.18. The molecule has 1 fully saturated rings. The van der Waals surface area contributed by atoms with E-state index in [0.29, 0.717) is 11.3 Å². The summed E-state index contributed by atoms with van der Waals surface area (Å²) in [6.07, 6.45) is -1.000. The van der Waals surface area contributed by atoms with Crippen LogP contribution in [-0.4, -0.2) is 65.5 Å². The number of rotatable bonds is 6. The van der Waals surface area contributed by atoms with E-state index in [-0.39, 0.29) is 31.4 Å². The van der Waals surface area contributed by atoms with Gasteiger partial charge in [0.05, 0.1) is 6.54 Å². The number of aliphatic hydroxyl groups is 1. The van der Waals surface area contributed by atoms with Crippen molar-refractivity contribution in [2.75, 3.05) is 26.7 Å². The average Bonchev–Trinajstić information content (AvgIpc) is 2.72. The van der Waals surface area contributed by atoms with Gasteiger partial charge in [-0.15, -0.1) is 0 Å². The van der Waals surface area contributed by atoms with Gasteiger partial charge in [-0.1, -0.05) is 12.1 Å². The molecule has 0 radical (unpaired) electrons. The van der Waals surface area contributed by atoms with Crippen LogP contribution in [0.1, 0.15) is 17.3 Å². The van der Waals surface area contributed by atoms with E-state index in [0.717, 1.165) is 4.90 Å². The highest BCUT2D eigenvalue weighted by molar-refractivity contribution is 6.01. The molecule has 1 aliphatic heterocycles. The highest BCUT2D eigenvalue weighted by Gasteiger charge is 2.34. The van der Waals surface area contributed by atoms with Crippen molar-refractivity contribution in [2.45, 2.75) is 13.0 Å². The molecule has 7 heteroatoms. The second-order valence-electron chi connectivity index (χ2n) is 5.19. The van der Waals surface area contributed by atoms with Gasteiger partial charge in [-0.05, 0) is 19.1 Å². The van der Waals surface area contributed by atoms with Crippen molar-refractivity contribution in [3.05, 3.63) is 29.8 Å². The van der Waals surface area contributed by atoms with Crippen molar-refractivity contribution < 1.29 is 24.2 Å². The maximum absolute atomic E-state index is 11.7. The second kappa shape index (κ2) is 6.57. The highest BCUT2D eigenvalue weighted by atomic mass is 16.5. The maximum Gasteiger partial charge on any atom is 0.327 e. The van der Waals surface area contributed by atoms with Gasteiger partial charge in [-0.2, -0.15) is 0 Å². The van der Waals surface area contributed by atoms with Crippen molar-refractivity contribution in [3.63, 3.8) is 0 Å². The molecule has 3 amide bonds. The third-order valence-electron chi connectivity index (χ3n) is 3.31. The quantitative estimate of drug-likeness (QED) is 0.611. The lowest BCUT2D eigenvalue weighted by molar-refractivity contribution is -0.126. The summed E-state index contributed by atoms with van der Waals surface area (Å²) in [5, 5.41) is 9.91. The first-order valence-electron chi connectivity index (χ1n) is 6.86. The van der Waals surface area contributed by atoms with Gasteiger partial charge >= 0.3 is 6.03 Å². The number of benzene rings is 1. The van der Waals surface area contributed by atoms with Crippen molar-refractivity contribution in [3.8, 4) is 5.75 Å². The molecule has 0 saturated carbocycles. The number of aliphatic hydroxyl groups excluding tert-OH is 1. The van der Waals surface area contributed by atoms with Crippen LogP contribution in [0, 0.1) is 0 Å². The Bertz CT molecular complexity index is 601. The molecule has 118 valence electrons. The van der Waals surface area contributed by atoms with Gasteiger partial charge in [0, 0.05) is 12.6 Å². The van der Waals surface area contributed by atoms with Gasteiger partial charge in [0.2, 0.25) is 5.91 Å². The van der Waals surface area contributed by atoms with Gasteiger partial charge in [0.15, 0.2) is 5.78 Å². The van der Waals surface area contributed by atoms with Crippen LogP contribution < -0.4 is 4.74 Å². The minimum Gasteiger partial charge on any atom is -0.491 e. The summed E-state index contributed by atoms with van der Waals surface area (Å²) in [4.78, 5) is 36.8. The molecular formula is C15H18N2O5. The first-order chi connectivity index (χ1) is 10.4. The minimum absolute atomic E-state index is 0.0209. The molecule has 22 heavy (non-hydrogen) atoms. The first kappa shape index (κ1) is 16.0. The van der Waals surface area contributed by atoms with Crippen molar-refractivity contribution in [1.82, 2.24) is 9.80 Å². The zero-order chi connectivity index (χ0) is 16.3. The molecule has 1 unspecified atom stereocenters. The summed E-state index contributed by atoms with van der Waals surface area (Å²) in [7, 11) is 1.52. The van der Waals surface area contributed by atoms with Gasteiger partial charge in [0.25, 0.3) is 0 Å². The number of Topliss-reactive ketones (excluding diaryl/α,β-unsaturated/α-hetero) is 1. The number of likely N-dealkylation sites (N-methyl/N-ethyl adjacent to an activating group) is 1. The SMILES string of the molecule is CC(=O)c1cccc(OCC(O)CN2C(=O)CN(C)C2=O)c1. The number of ketones is 1. The van der Waals surface area contributed by atoms with E-state index < -0.39 is 12.1 Å². The number of urea groups is 1. The molecule has 1 heterocycles. The fourth-order valence-corrected chi connectivity index (χ4v) is 2.11. The molecular weight excluding hydrogens is 288 g/mol. The van der Waals surface area contributed by atoms with Crippen LogP contribution in [0.15, 0.2) is 24.3 Å². The number of hydrogen-bond acceptors (Lipinski definition) is 5. The Labute approximate surface area is 128 Å². The number of β-amino-alcohol motifs (C(OH)–C–C–N with tert-alkyl or cyclic N) is 1. The number of hydrogen-bond donors (Lipinski definition) is 1. The monoisotopic (exact) mass is 306 g/mol. The minimum atomic E-state index is -1.000.